The van der Waals surface area contributed by atoms with E-state index in [0.29, 0.717) is 13.0 Å². The summed E-state index contributed by atoms with van der Waals surface area (Å²) in [5.41, 5.74) is 8.34. The van der Waals surface area contributed by atoms with E-state index in [1.165, 1.54) is 0 Å². The number of nitrogens with two attached hydrogens (primary N) is 1. The van der Waals surface area contributed by atoms with Gasteiger partial charge in [0.05, 0.1) is 6.42 Å². The first-order valence-corrected chi connectivity index (χ1v) is 6.80. The summed E-state index contributed by atoms with van der Waals surface area (Å²) in [6, 6.07) is 15.3. The summed E-state index contributed by atoms with van der Waals surface area (Å²) in [5.74, 6) is -0.0387. The number of anilines is 1. The average molecular weight is 319 g/mol. The molecule has 0 saturated carbocycles. The lowest BCUT2D eigenvalue weighted by Gasteiger charge is -2.09. The number of carbonyl (C=O) groups is 1. The molecule has 0 bridgehead atoms. The van der Waals surface area contributed by atoms with E-state index in [-0.39, 0.29) is 5.91 Å². The number of para-hydroxylation sites is 1. The zero-order valence-corrected chi connectivity index (χ0v) is 12.0. The Labute approximate surface area is 121 Å². The van der Waals surface area contributed by atoms with E-state index >= 15 is 0 Å². The number of hydrogen-bond acceptors (Lipinski definition) is 2. The average Bonchev–Trinajstić information content (AvgIpc) is 2.42. The van der Waals surface area contributed by atoms with E-state index in [9.17, 15) is 4.79 Å². The Morgan fingerprint density at radius 3 is 2.47 bits per heavy atom. The van der Waals surface area contributed by atoms with Gasteiger partial charge in [-0.3, -0.25) is 4.79 Å². The van der Waals surface area contributed by atoms with Crippen LogP contribution in [0.15, 0.2) is 53.0 Å². The molecule has 1 amide bonds. The van der Waals surface area contributed by atoms with Crippen LogP contribution < -0.4 is 11.1 Å². The highest BCUT2D eigenvalue weighted by Gasteiger charge is 2.06. The summed E-state index contributed by atoms with van der Waals surface area (Å²) < 4.78 is 1.00. The Kier molecular flexibility index (Phi) is 4.71. The van der Waals surface area contributed by atoms with Gasteiger partial charge in [-0.1, -0.05) is 46.3 Å². The molecule has 0 atom stereocenters. The van der Waals surface area contributed by atoms with Gasteiger partial charge < -0.3 is 11.1 Å². The van der Waals surface area contributed by atoms with Gasteiger partial charge in [0.2, 0.25) is 5.91 Å². The van der Waals surface area contributed by atoms with Gasteiger partial charge in [-0.25, -0.2) is 0 Å². The highest BCUT2D eigenvalue weighted by atomic mass is 79.9. The van der Waals surface area contributed by atoms with Crippen LogP contribution in [0.2, 0.25) is 0 Å². The molecular weight excluding hydrogens is 304 g/mol. The van der Waals surface area contributed by atoms with Gasteiger partial charge in [0.25, 0.3) is 0 Å². The van der Waals surface area contributed by atoms with Gasteiger partial charge in [0, 0.05) is 16.7 Å². The van der Waals surface area contributed by atoms with Gasteiger partial charge >= 0.3 is 0 Å². The van der Waals surface area contributed by atoms with Crippen LogP contribution >= 0.6 is 15.9 Å². The molecular formula is C15H15BrN2O. The van der Waals surface area contributed by atoms with Crippen molar-refractivity contribution < 1.29 is 4.79 Å². The molecule has 0 unspecified atom stereocenters. The van der Waals surface area contributed by atoms with Crippen molar-refractivity contribution in [3.8, 4) is 0 Å². The van der Waals surface area contributed by atoms with E-state index in [1.54, 1.807) is 0 Å². The van der Waals surface area contributed by atoms with Crippen molar-refractivity contribution in [1.82, 2.24) is 0 Å². The summed E-state index contributed by atoms with van der Waals surface area (Å²) in [4.78, 5) is 12.0. The first-order chi connectivity index (χ1) is 9.19. The molecule has 0 saturated heterocycles. The van der Waals surface area contributed by atoms with E-state index in [0.717, 1.165) is 21.3 Å². The van der Waals surface area contributed by atoms with Crippen molar-refractivity contribution in [1.29, 1.82) is 0 Å². The zero-order chi connectivity index (χ0) is 13.7. The monoisotopic (exact) mass is 318 g/mol. The first-order valence-electron chi connectivity index (χ1n) is 6.01. The van der Waals surface area contributed by atoms with Crippen molar-refractivity contribution in [2.75, 3.05) is 5.32 Å². The molecule has 98 valence electrons. The summed E-state index contributed by atoms with van der Waals surface area (Å²) >= 11 is 3.37. The molecule has 4 heteroatoms. The van der Waals surface area contributed by atoms with Crippen LogP contribution in [0.25, 0.3) is 0 Å². The van der Waals surface area contributed by atoms with Crippen LogP contribution in [-0.2, 0) is 17.8 Å². The molecule has 0 radical (unpaired) electrons. The van der Waals surface area contributed by atoms with Crippen LogP contribution in [0, 0.1) is 0 Å². The topological polar surface area (TPSA) is 55.1 Å². The van der Waals surface area contributed by atoms with Crippen LogP contribution in [0.5, 0.6) is 0 Å². The summed E-state index contributed by atoms with van der Waals surface area (Å²) in [6.45, 7) is 0.411. The Bertz CT molecular complexity index is 567. The minimum atomic E-state index is -0.0387. The highest BCUT2D eigenvalue weighted by Crippen LogP contribution is 2.15. The van der Waals surface area contributed by atoms with Gasteiger partial charge in [-0.15, -0.1) is 0 Å². The number of rotatable bonds is 4. The maximum Gasteiger partial charge on any atom is 0.228 e. The molecule has 0 aromatic heterocycles. The number of amides is 1. The normalized spacial score (nSPS) is 10.2. The number of halogens is 1. The molecule has 0 fully saturated rings. The Hall–Kier alpha value is -1.65. The number of nitrogens with one attached hydrogen (secondary N) is 1. The fourth-order valence-electron chi connectivity index (χ4n) is 1.80. The molecule has 2 aromatic rings. The predicted octanol–water partition coefficient (Wildman–Crippen LogP) is 3.09. The molecule has 2 aromatic carbocycles. The van der Waals surface area contributed by atoms with Crippen LogP contribution in [0.1, 0.15) is 11.1 Å². The quantitative estimate of drug-likeness (QED) is 0.910. The molecule has 0 heterocycles. The van der Waals surface area contributed by atoms with E-state index in [4.69, 9.17) is 5.73 Å². The van der Waals surface area contributed by atoms with Crippen molar-refractivity contribution in [3.63, 3.8) is 0 Å². The van der Waals surface area contributed by atoms with Crippen molar-refractivity contribution in [3.05, 3.63) is 64.1 Å². The lowest BCUT2D eigenvalue weighted by Crippen LogP contribution is -2.16. The first kappa shape index (κ1) is 13.8. The largest absolute Gasteiger partial charge is 0.326 e. The Morgan fingerprint density at radius 1 is 1.11 bits per heavy atom. The van der Waals surface area contributed by atoms with Crippen LogP contribution in [-0.4, -0.2) is 5.91 Å². The summed E-state index contributed by atoms with van der Waals surface area (Å²) in [7, 11) is 0. The van der Waals surface area contributed by atoms with E-state index in [2.05, 4.69) is 21.2 Å². The van der Waals surface area contributed by atoms with Gasteiger partial charge in [0.15, 0.2) is 0 Å². The second kappa shape index (κ2) is 6.50. The summed E-state index contributed by atoms with van der Waals surface area (Å²) in [6.07, 6.45) is 0.353. The third-order valence-corrected chi connectivity index (χ3v) is 3.32. The van der Waals surface area contributed by atoms with Gasteiger partial charge in [-0.2, -0.15) is 0 Å². The van der Waals surface area contributed by atoms with Crippen LogP contribution in [0.4, 0.5) is 5.69 Å². The molecule has 0 aliphatic heterocycles. The minimum absolute atomic E-state index is 0.0387. The lowest BCUT2D eigenvalue weighted by molar-refractivity contribution is -0.115. The van der Waals surface area contributed by atoms with Crippen molar-refractivity contribution in [2.45, 2.75) is 13.0 Å². The smallest absolute Gasteiger partial charge is 0.228 e. The second-order valence-corrected chi connectivity index (χ2v) is 5.13. The second-order valence-electron chi connectivity index (χ2n) is 4.21. The predicted molar refractivity (Wildman–Crippen MR) is 80.8 cm³/mol. The molecule has 0 aliphatic carbocycles. The van der Waals surface area contributed by atoms with Crippen LogP contribution in [0.3, 0.4) is 0 Å². The van der Waals surface area contributed by atoms with E-state index < -0.39 is 0 Å². The maximum atomic E-state index is 12.0. The minimum Gasteiger partial charge on any atom is -0.326 e. The molecule has 3 nitrogen and oxygen atoms in total. The van der Waals surface area contributed by atoms with E-state index in [1.807, 2.05) is 48.5 Å². The fourth-order valence-corrected chi connectivity index (χ4v) is 2.07. The van der Waals surface area contributed by atoms with Gasteiger partial charge in [0.1, 0.15) is 0 Å². The fraction of sp³-hybridized carbons (Fsp3) is 0.133. The third kappa shape index (κ3) is 3.91. The third-order valence-electron chi connectivity index (χ3n) is 2.79. The SMILES string of the molecule is NCc1ccccc1NC(=O)Cc1ccc(Br)cc1. The van der Waals surface area contributed by atoms with Crippen molar-refractivity contribution in [2.24, 2.45) is 5.73 Å². The number of hydrogen-bond donors (Lipinski definition) is 2. The number of benzene rings is 2. The molecule has 3 N–H and O–H groups in total. The molecule has 0 spiro atoms. The molecule has 0 aliphatic rings. The maximum absolute atomic E-state index is 12.0. The van der Waals surface area contributed by atoms with Crippen molar-refractivity contribution >= 4 is 27.5 Å². The summed E-state index contributed by atoms with van der Waals surface area (Å²) in [5, 5.41) is 2.89. The zero-order valence-electron chi connectivity index (χ0n) is 10.4. The van der Waals surface area contributed by atoms with Gasteiger partial charge in [-0.05, 0) is 29.3 Å². The molecule has 19 heavy (non-hydrogen) atoms. The lowest BCUT2D eigenvalue weighted by atomic mass is 10.1. The Morgan fingerprint density at radius 2 is 1.79 bits per heavy atom. The Balaban J connectivity index is 2.03. The standard InChI is InChI=1S/C15H15BrN2O/c16-13-7-5-11(6-8-13)9-15(19)18-14-4-2-1-3-12(14)10-17/h1-8H,9-10,17H2,(H,18,19). The molecule has 2 rings (SSSR count). The number of carbonyl (C=O) groups excluding carboxylic acids is 1. The highest BCUT2D eigenvalue weighted by molar-refractivity contribution is 9.10.